The van der Waals surface area contributed by atoms with Crippen LogP contribution in [0.1, 0.15) is 11.1 Å². The van der Waals surface area contributed by atoms with Gasteiger partial charge in [0, 0.05) is 0 Å². The molecule has 0 saturated heterocycles. The van der Waals surface area contributed by atoms with Gasteiger partial charge in [0.05, 0.1) is 4.16 Å². The SMILES string of the molecule is BrC1C=C2C=c3[c-]cccc3=C2S1.[Cl-].[Cl-].[S]=[Zr+2].[c-]1cccc2c1-c1ccccc1C2. The van der Waals surface area contributed by atoms with Crippen LogP contribution in [0, 0.1) is 12.1 Å². The average Bonchev–Trinajstić information content (AvgIpc) is 3.40. The molecule has 6 rings (SSSR count). The molecular formula is C24H15BrCl2S2Zr-2. The van der Waals surface area contributed by atoms with E-state index in [1.54, 1.807) is 0 Å². The molecule has 0 aromatic heterocycles. The minimum absolute atomic E-state index is 0. The first-order valence-corrected chi connectivity index (χ1v) is 14.0. The fourth-order valence-corrected chi connectivity index (χ4v) is 5.53. The summed E-state index contributed by atoms with van der Waals surface area (Å²) in [5.74, 6) is 0. The second-order valence-corrected chi connectivity index (χ2v) is 9.21. The molecule has 30 heavy (non-hydrogen) atoms. The van der Waals surface area contributed by atoms with Crippen LogP contribution in [-0.4, -0.2) is 4.16 Å². The van der Waals surface area contributed by atoms with E-state index in [-0.39, 0.29) is 24.8 Å². The van der Waals surface area contributed by atoms with Crippen LogP contribution in [0.5, 0.6) is 0 Å². The number of halogens is 3. The fourth-order valence-electron chi connectivity index (χ4n) is 3.68. The normalized spacial score (nSPS) is 15.8. The Morgan fingerprint density at radius 1 is 0.933 bits per heavy atom. The zero-order chi connectivity index (χ0) is 19.5. The molecule has 0 fully saturated rings. The molecule has 0 saturated carbocycles. The first-order chi connectivity index (χ1) is 13.8. The van der Waals surface area contributed by atoms with E-state index in [1.165, 1.54) is 43.2 Å². The van der Waals surface area contributed by atoms with Crippen LogP contribution in [-0.2, 0) is 29.1 Å². The van der Waals surface area contributed by atoms with Gasteiger partial charge in [-0.1, -0.05) is 68.2 Å². The van der Waals surface area contributed by atoms with E-state index in [0.717, 1.165) is 29.1 Å². The number of hydrogen-bond donors (Lipinski definition) is 0. The molecule has 0 radical (unpaired) electrons. The molecule has 3 aromatic rings. The van der Waals surface area contributed by atoms with Crippen molar-refractivity contribution in [2.45, 2.75) is 10.6 Å². The largest absolute Gasteiger partial charge is 0.147 e. The van der Waals surface area contributed by atoms with Crippen molar-refractivity contribution < 1.29 is 47.5 Å². The molecule has 0 amide bonds. The van der Waals surface area contributed by atoms with E-state index >= 15 is 0 Å². The Kier molecular flexibility index (Phi) is 10.4. The molecule has 1 heterocycles. The second-order valence-electron chi connectivity index (χ2n) is 6.47. The number of alkyl halides is 1. The van der Waals surface area contributed by atoms with Gasteiger partial charge in [-0.3, -0.25) is 0 Å². The number of benzene rings is 3. The monoisotopic (exact) mass is 606 g/mol. The third kappa shape index (κ3) is 5.34. The van der Waals surface area contributed by atoms with E-state index in [0.29, 0.717) is 4.16 Å². The molecule has 0 spiro atoms. The van der Waals surface area contributed by atoms with Crippen molar-refractivity contribution in [2.75, 3.05) is 0 Å². The molecule has 0 bridgehead atoms. The Morgan fingerprint density at radius 3 is 2.47 bits per heavy atom. The molecular weight excluding hydrogens is 594 g/mol. The molecule has 1 aliphatic heterocycles. The molecule has 1 unspecified atom stereocenters. The summed E-state index contributed by atoms with van der Waals surface area (Å²) in [7, 11) is 4.17. The summed E-state index contributed by atoms with van der Waals surface area (Å²) < 4.78 is 0.446. The zero-order valence-electron chi connectivity index (χ0n) is 15.7. The summed E-state index contributed by atoms with van der Waals surface area (Å²) in [6, 6.07) is 27.5. The van der Waals surface area contributed by atoms with Crippen molar-refractivity contribution in [1.82, 2.24) is 0 Å². The second kappa shape index (κ2) is 12.0. The van der Waals surface area contributed by atoms with Gasteiger partial charge in [0.1, 0.15) is 0 Å². The molecule has 0 N–H and O–H groups in total. The van der Waals surface area contributed by atoms with Crippen LogP contribution in [0.15, 0.2) is 72.3 Å². The Hall–Kier alpha value is -0.347. The maximum absolute atomic E-state index is 4.17. The van der Waals surface area contributed by atoms with Crippen molar-refractivity contribution in [1.29, 1.82) is 0 Å². The zero-order valence-corrected chi connectivity index (χ0v) is 22.9. The van der Waals surface area contributed by atoms with E-state index < -0.39 is 0 Å². The van der Waals surface area contributed by atoms with E-state index in [1.807, 2.05) is 30.0 Å². The Bertz CT molecular complexity index is 1150. The van der Waals surface area contributed by atoms with E-state index in [4.69, 9.17) is 0 Å². The molecule has 2 aliphatic carbocycles. The van der Waals surface area contributed by atoms with Gasteiger partial charge < -0.3 is 24.8 Å². The predicted octanol–water partition coefficient (Wildman–Crippen LogP) is -0.505. The third-order valence-electron chi connectivity index (χ3n) is 4.85. The number of fused-ring (bicyclic) bond motifs is 5. The van der Waals surface area contributed by atoms with Gasteiger partial charge in [0.15, 0.2) is 0 Å². The summed E-state index contributed by atoms with van der Waals surface area (Å²) in [6.45, 7) is 0. The molecule has 150 valence electrons. The third-order valence-corrected chi connectivity index (χ3v) is 6.72. The quantitative estimate of drug-likeness (QED) is 0.195. The van der Waals surface area contributed by atoms with Gasteiger partial charge >= 0.3 is 31.5 Å². The first kappa shape index (κ1) is 25.9. The van der Waals surface area contributed by atoms with Crippen LogP contribution in [0.25, 0.3) is 22.1 Å². The molecule has 3 aromatic carbocycles. The number of thioether (sulfide) groups is 1. The van der Waals surface area contributed by atoms with E-state index in [9.17, 15) is 0 Å². The molecule has 3 aliphatic rings. The minimum Gasteiger partial charge on any atom is -0.147 e. The minimum atomic E-state index is 0. The smallest absolute Gasteiger partial charge is 0.0454 e. The number of rotatable bonds is 0. The standard InChI is InChI=1S/C13H9.C11H6BrS.2ClH.S.Zr/c1-3-7-12-10(5-1)9-11-6-2-4-8-13(11)12;12-10-6-8-5-7-3-1-2-4-9(7)11(8)13-10;;;;/h1-7H,9H2;1-2,4-6,10H;2*1H;;/q2*-1;;;;+2/p-2. The summed E-state index contributed by atoms with van der Waals surface area (Å²) >= 11 is 6.58. The van der Waals surface area contributed by atoms with Gasteiger partial charge in [-0.25, -0.2) is 0 Å². The van der Waals surface area contributed by atoms with Gasteiger partial charge in [0.25, 0.3) is 0 Å². The van der Waals surface area contributed by atoms with Crippen LogP contribution >= 0.6 is 36.5 Å². The van der Waals surface area contributed by atoms with Crippen molar-refractivity contribution in [2.24, 2.45) is 0 Å². The maximum atomic E-state index is 4.17. The summed E-state index contributed by atoms with van der Waals surface area (Å²) in [5, 5.41) is 2.57. The first-order valence-electron chi connectivity index (χ1n) is 8.83. The predicted molar refractivity (Wildman–Crippen MR) is 122 cm³/mol. The summed E-state index contributed by atoms with van der Waals surface area (Å²) in [4.78, 5) is 1.40. The summed E-state index contributed by atoms with van der Waals surface area (Å²) in [5.41, 5.74) is 6.84. The van der Waals surface area contributed by atoms with Crippen LogP contribution in [0.4, 0.5) is 0 Å². The Morgan fingerprint density at radius 2 is 1.63 bits per heavy atom. The van der Waals surface area contributed by atoms with Crippen LogP contribution in [0.3, 0.4) is 0 Å². The van der Waals surface area contributed by atoms with Crippen LogP contribution < -0.4 is 35.3 Å². The number of hydrogen-bond acceptors (Lipinski definition) is 2. The van der Waals surface area contributed by atoms with Gasteiger partial charge in [-0.15, -0.1) is 82.7 Å². The van der Waals surface area contributed by atoms with Crippen molar-refractivity contribution in [3.8, 4) is 11.1 Å². The van der Waals surface area contributed by atoms with Crippen molar-refractivity contribution >= 4 is 47.5 Å². The van der Waals surface area contributed by atoms with E-state index in [2.05, 4.69) is 91.5 Å². The average molecular weight is 610 g/mol. The van der Waals surface area contributed by atoms with Gasteiger partial charge in [-0.05, 0) is 11.3 Å². The van der Waals surface area contributed by atoms with Gasteiger partial charge in [0.2, 0.25) is 0 Å². The van der Waals surface area contributed by atoms with Crippen molar-refractivity contribution in [3.05, 3.63) is 106 Å². The topological polar surface area (TPSA) is 0 Å². The molecule has 1 atom stereocenters. The van der Waals surface area contributed by atoms with Crippen LogP contribution in [0.2, 0.25) is 0 Å². The van der Waals surface area contributed by atoms with Crippen molar-refractivity contribution in [3.63, 3.8) is 0 Å². The fraction of sp³-hybridized carbons (Fsp3) is 0.0833. The van der Waals surface area contributed by atoms with Gasteiger partial charge in [-0.2, -0.15) is 0 Å². The Balaban J connectivity index is 0.000000186. The Labute approximate surface area is 220 Å². The maximum Gasteiger partial charge on any atom is -0.0454 e. The molecule has 6 heteroatoms. The summed E-state index contributed by atoms with van der Waals surface area (Å²) in [6.07, 6.45) is 5.52. The molecule has 0 nitrogen and oxygen atoms in total.